The van der Waals surface area contributed by atoms with Gasteiger partial charge in [-0.15, -0.1) is 0 Å². The predicted octanol–water partition coefficient (Wildman–Crippen LogP) is 2.57. The Morgan fingerprint density at radius 1 is 1.16 bits per heavy atom. The molecule has 2 heterocycles. The van der Waals surface area contributed by atoms with Gasteiger partial charge in [-0.2, -0.15) is 0 Å². The molecule has 3 aromatic rings. The fraction of sp³-hybridized carbons (Fsp3) is 0.200. The molecule has 19 heavy (non-hydrogen) atoms. The molecule has 4 heteroatoms. The van der Waals surface area contributed by atoms with Crippen LogP contribution in [0.15, 0.2) is 46.1 Å². The first-order chi connectivity index (χ1) is 9.18. The second kappa shape index (κ2) is 4.80. The Bertz CT molecular complexity index is 772. The summed E-state index contributed by atoms with van der Waals surface area (Å²) in [5.41, 5.74) is 2.03. The van der Waals surface area contributed by atoms with E-state index in [0.717, 1.165) is 21.2 Å². The summed E-state index contributed by atoms with van der Waals surface area (Å²) in [5.74, 6) is 0.255. The van der Waals surface area contributed by atoms with Crippen molar-refractivity contribution in [1.82, 2.24) is 9.78 Å². The maximum atomic E-state index is 12.1. The molecule has 0 aliphatic heterocycles. The monoisotopic (exact) mass is 318 g/mol. The van der Waals surface area contributed by atoms with E-state index in [-0.39, 0.29) is 25.9 Å². The van der Waals surface area contributed by atoms with Gasteiger partial charge in [-0.3, -0.25) is 0 Å². The van der Waals surface area contributed by atoms with Gasteiger partial charge >= 0.3 is 117 Å². The number of hydrogen-bond donors (Lipinski definition) is 0. The maximum absolute atomic E-state index is 12.1. The molecular weight excluding hydrogens is 303 g/mol. The van der Waals surface area contributed by atoms with Gasteiger partial charge in [0.15, 0.2) is 0 Å². The zero-order valence-electron chi connectivity index (χ0n) is 10.8. The van der Waals surface area contributed by atoms with E-state index in [1.165, 1.54) is 0 Å². The molecule has 0 N–H and O–H groups in total. The Morgan fingerprint density at radius 2 is 1.89 bits per heavy atom. The number of nitrogens with zero attached hydrogens (tertiary/aromatic N) is 2. The third-order valence-corrected chi connectivity index (χ3v) is 4.89. The first-order valence-corrected chi connectivity index (χ1v) is 8.09. The molecule has 2 aromatic heterocycles. The molecule has 96 valence electrons. The van der Waals surface area contributed by atoms with Crippen LogP contribution in [0.1, 0.15) is 25.5 Å². The quantitative estimate of drug-likeness (QED) is 0.681. The van der Waals surface area contributed by atoms with Gasteiger partial charge < -0.3 is 0 Å². The van der Waals surface area contributed by atoms with Crippen LogP contribution in [0.2, 0.25) is 0 Å². The van der Waals surface area contributed by atoms with Crippen molar-refractivity contribution in [1.29, 1.82) is 0 Å². The summed E-state index contributed by atoms with van der Waals surface area (Å²) in [6, 6.07) is 11.7. The minimum atomic E-state index is 0.0917. The minimum absolute atomic E-state index is 0.0917. The molecule has 3 nitrogen and oxygen atoms in total. The first kappa shape index (κ1) is 12.4. The molecule has 0 bridgehead atoms. The van der Waals surface area contributed by atoms with Gasteiger partial charge in [0, 0.05) is 0 Å². The van der Waals surface area contributed by atoms with E-state index in [1.807, 2.05) is 40.0 Å². The van der Waals surface area contributed by atoms with Crippen molar-refractivity contribution in [3.63, 3.8) is 0 Å². The summed E-state index contributed by atoms with van der Waals surface area (Å²) in [5, 5.41) is 5.50. The summed E-state index contributed by atoms with van der Waals surface area (Å²) in [4.78, 5) is 14.1. The number of para-hydroxylation sites is 1. The van der Waals surface area contributed by atoms with Gasteiger partial charge in [0.2, 0.25) is 0 Å². The van der Waals surface area contributed by atoms with Crippen LogP contribution >= 0.6 is 0 Å². The number of hydrogen-bond acceptors (Lipinski definition) is 2. The van der Waals surface area contributed by atoms with Crippen molar-refractivity contribution < 1.29 is 0 Å². The molecule has 0 fully saturated rings. The third kappa shape index (κ3) is 2.07. The fourth-order valence-electron chi connectivity index (χ4n) is 2.15. The SMILES string of the molecule is CC(C)c1nn(-c2ccccc2)c2[se]ccc(=O)c12. The first-order valence-electron chi connectivity index (χ1n) is 6.24. The van der Waals surface area contributed by atoms with Crippen LogP contribution in [0, 0.1) is 0 Å². The van der Waals surface area contributed by atoms with Crippen LogP contribution in [0.3, 0.4) is 0 Å². The number of rotatable bonds is 2. The summed E-state index contributed by atoms with van der Waals surface area (Å²) in [6.07, 6.45) is 0. The van der Waals surface area contributed by atoms with E-state index < -0.39 is 0 Å². The van der Waals surface area contributed by atoms with Gasteiger partial charge in [0.25, 0.3) is 0 Å². The Balaban J connectivity index is 2.39. The standard InChI is InChI=1S/C15H14N2OSe/c1-10(2)14-13-12(18)8-9-19-15(13)17(16-14)11-6-4-3-5-7-11/h3-10H,1-2H3. The second-order valence-electron chi connectivity index (χ2n) is 4.75. The van der Waals surface area contributed by atoms with Gasteiger partial charge in [0.1, 0.15) is 0 Å². The molecule has 0 saturated carbocycles. The van der Waals surface area contributed by atoms with E-state index in [1.54, 1.807) is 6.07 Å². The molecule has 0 spiro atoms. The van der Waals surface area contributed by atoms with Crippen LogP contribution in [0.4, 0.5) is 0 Å². The Kier molecular flexibility index (Phi) is 3.13. The zero-order valence-corrected chi connectivity index (χ0v) is 12.5. The van der Waals surface area contributed by atoms with Gasteiger partial charge in [-0.1, -0.05) is 0 Å². The van der Waals surface area contributed by atoms with E-state index in [9.17, 15) is 4.79 Å². The third-order valence-electron chi connectivity index (χ3n) is 3.06. The molecule has 0 amide bonds. The molecule has 1 aromatic carbocycles. The number of fused-ring (bicyclic) bond motifs is 1. The summed E-state index contributed by atoms with van der Waals surface area (Å²) >= 11 is 0.166. The molecule has 0 aliphatic rings. The van der Waals surface area contributed by atoms with Crippen molar-refractivity contribution in [2.24, 2.45) is 0 Å². The Morgan fingerprint density at radius 3 is 2.58 bits per heavy atom. The van der Waals surface area contributed by atoms with Crippen molar-refractivity contribution in [2.75, 3.05) is 0 Å². The van der Waals surface area contributed by atoms with Crippen molar-refractivity contribution in [3.8, 4) is 5.69 Å². The molecule has 0 atom stereocenters. The van der Waals surface area contributed by atoms with E-state index >= 15 is 0 Å². The van der Waals surface area contributed by atoms with E-state index in [0.29, 0.717) is 0 Å². The average Bonchev–Trinajstić information content (AvgIpc) is 2.81. The fourth-order valence-corrected chi connectivity index (χ4v) is 4.02. The summed E-state index contributed by atoms with van der Waals surface area (Å²) in [7, 11) is 0. The van der Waals surface area contributed by atoms with Crippen LogP contribution in [-0.4, -0.2) is 24.3 Å². The van der Waals surface area contributed by atoms with E-state index in [2.05, 4.69) is 18.9 Å². The Labute approximate surface area is 117 Å². The van der Waals surface area contributed by atoms with Crippen LogP contribution in [0.5, 0.6) is 0 Å². The topological polar surface area (TPSA) is 34.9 Å². The normalized spacial score (nSPS) is 11.3. The van der Waals surface area contributed by atoms with Gasteiger partial charge in [-0.25, -0.2) is 0 Å². The van der Waals surface area contributed by atoms with Crippen LogP contribution in [0.25, 0.3) is 15.5 Å². The zero-order chi connectivity index (χ0) is 13.4. The number of aromatic nitrogens is 2. The summed E-state index contributed by atoms with van der Waals surface area (Å²) in [6.45, 7) is 4.16. The molecular formula is C15H14N2OSe. The van der Waals surface area contributed by atoms with E-state index in [4.69, 9.17) is 0 Å². The van der Waals surface area contributed by atoms with Crippen LogP contribution < -0.4 is 5.43 Å². The second-order valence-corrected chi connectivity index (χ2v) is 6.63. The molecule has 3 rings (SSSR count). The molecule has 0 aliphatic carbocycles. The van der Waals surface area contributed by atoms with Gasteiger partial charge in [0.05, 0.1) is 0 Å². The van der Waals surface area contributed by atoms with Crippen molar-refractivity contribution in [2.45, 2.75) is 19.8 Å². The molecule has 0 radical (unpaired) electrons. The van der Waals surface area contributed by atoms with Crippen molar-refractivity contribution in [3.05, 3.63) is 57.3 Å². The average molecular weight is 317 g/mol. The molecule has 0 unspecified atom stereocenters. The predicted molar refractivity (Wildman–Crippen MR) is 78.4 cm³/mol. The Hall–Kier alpha value is -1.64. The number of benzene rings is 1. The van der Waals surface area contributed by atoms with Crippen molar-refractivity contribution >= 4 is 24.3 Å². The molecule has 0 saturated heterocycles. The summed E-state index contributed by atoms with van der Waals surface area (Å²) < 4.78 is 3.00. The van der Waals surface area contributed by atoms with Gasteiger partial charge in [-0.05, 0) is 0 Å². The van der Waals surface area contributed by atoms with Crippen LogP contribution in [-0.2, 0) is 0 Å².